The number of aromatic amines is 1. The van der Waals surface area contributed by atoms with Gasteiger partial charge in [-0.05, 0) is 62.7 Å². The molecule has 7 heteroatoms. The van der Waals surface area contributed by atoms with Crippen molar-refractivity contribution in [2.75, 3.05) is 45.2 Å². The van der Waals surface area contributed by atoms with Gasteiger partial charge in [-0.2, -0.15) is 0 Å². The van der Waals surface area contributed by atoms with Crippen LogP contribution in [0.4, 0.5) is 5.69 Å². The first-order chi connectivity index (χ1) is 15.5. The summed E-state index contributed by atoms with van der Waals surface area (Å²) in [5.41, 5.74) is 5.64. The number of likely N-dealkylation sites (tertiary alicyclic amines) is 1. The maximum absolute atomic E-state index is 13.3. The fraction of sp³-hybridized carbons (Fsp3) is 0.440. The molecule has 0 unspecified atom stereocenters. The van der Waals surface area contributed by atoms with Crippen LogP contribution >= 0.6 is 0 Å². The average Bonchev–Trinajstić information content (AvgIpc) is 3.30. The number of hydrogen-bond donors (Lipinski definition) is 2. The summed E-state index contributed by atoms with van der Waals surface area (Å²) in [6.07, 6.45) is 6.51. The largest absolute Gasteiger partial charge is 0.497 e. The van der Waals surface area contributed by atoms with Gasteiger partial charge in [0.15, 0.2) is 0 Å². The highest BCUT2D eigenvalue weighted by Gasteiger charge is 2.30. The Balaban J connectivity index is 1.39. The van der Waals surface area contributed by atoms with E-state index in [0.29, 0.717) is 11.3 Å². The number of benzene rings is 1. The first kappa shape index (κ1) is 20.8. The summed E-state index contributed by atoms with van der Waals surface area (Å²) in [5, 5.41) is 2.91. The van der Waals surface area contributed by atoms with Gasteiger partial charge in [-0.3, -0.25) is 9.59 Å². The van der Waals surface area contributed by atoms with Crippen LogP contribution < -0.4 is 10.1 Å². The number of nitrogens with one attached hydrogen (secondary N) is 2. The van der Waals surface area contributed by atoms with Gasteiger partial charge in [0.25, 0.3) is 11.8 Å². The first-order valence-electron chi connectivity index (χ1n) is 11.5. The third-order valence-corrected chi connectivity index (χ3v) is 6.93. The second-order valence-electron chi connectivity index (χ2n) is 8.89. The lowest BCUT2D eigenvalue weighted by Gasteiger charge is -2.32. The van der Waals surface area contributed by atoms with E-state index < -0.39 is 0 Å². The zero-order valence-electron chi connectivity index (χ0n) is 18.8. The van der Waals surface area contributed by atoms with Crippen LogP contribution in [0.15, 0.2) is 18.2 Å². The molecule has 1 aromatic heterocycles. The molecule has 2 aromatic rings. The second-order valence-corrected chi connectivity index (χ2v) is 8.89. The van der Waals surface area contributed by atoms with Crippen molar-refractivity contribution in [1.82, 2.24) is 14.8 Å². The van der Waals surface area contributed by atoms with Gasteiger partial charge in [0.05, 0.1) is 18.2 Å². The SMILES string of the molecule is COc1ccc2c(c1)C(=Cc1[nH]c3c(c1C)C(=O)N(CCN1CCCCC1)CC3)C(=O)N2. The summed E-state index contributed by atoms with van der Waals surface area (Å²) in [5.74, 6) is 0.655. The number of nitrogens with zero attached hydrogens (tertiary/aromatic N) is 2. The summed E-state index contributed by atoms with van der Waals surface area (Å²) < 4.78 is 5.33. The van der Waals surface area contributed by atoms with Gasteiger partial charge >= 0.3 is 0 Å². The third-order valence-electron chi connectivity index (χ3n) is 6.93. The quantitative estimate of drug-likeness (QED) is 0.708. The molecule has 0 atom stereocenters. The number of carbonyl (C=O) groups is 2. The predicted octanol–water partition coefficient (Wildman–Crippen LogP) is 3.31. The van der Waals surface area contributed by atoms with Gasteiger partial charge in [-0.15, -0.1) is 0 Å². The zero-order valence-corrected chi connectivity index (χ0v) is 18.8. The molecular formula is C25H30N4O3. The molecule has 3 aliphatic heterocycles. The number of methoxy groups -OCH3 is 1. The van der Waals surface area contributed by atoms with Crippen LogP contribution in [0.2, 0.25) is 0 Å². The summed E-state index contributed by atoms with van der Waals surface area (Å²) >= 11 is 0. The van der Waals surface area contributed by atoms with Crippen molar-refractivity contribution < 1.29 is 14.3 Å². The van der Waals surface area contributed by atoms with Crippen LogP contribution in [0.1, 0.15) is 52.1 Å². The van der Waals surface area contributed by atoms with Crippen molar-refractivity contribution in [3.05, 3.63) is 46.3 Å². The Morgan fingerprint density at radius 3 is 2.69 bits per heavy atom. The summed E-state index contributed by atoms with van der Waals surface area (Å²) in [6, 6.07) is 5.55. The number of amides is 2. The van der Waals surface area contributed by atoms with Crippen LogP contribution in [0.25, 0.3) is 11.6 Å². The van der Waals surface area contributed by atoms with Crippen molar-refractivity contribution in [2.45, 2.75) is 32.6 Å². The third kappa shape index (κ3) is 3.71. The van der Waals surface area contributed by atoms with E-state index in [4.69, 9.17) is 4.74 Å². The number of carbonyl (C=O) groups excluding carboxylic acids is 2. The molecule has 0 bridgehead atoms. The number of rotatable bonds is 5. The smallest absolute Gasteiger partial charge is 0.256 e. The number of hydrogen-bond acceptors (Lipinski definition) is 4. The Hall–Kier alpha value is -3.06. The molecule has 0 aliphatic carbocycles. The highest BCUT2D eigenvalue weighted by Crippen LogP contribution is 2.36. The van der Waals surface area contributed by atoms with E-state index in [9.17, 15) is 9.59 Å². The molecule has 3 aliphatic rings. The van der Waals surface area contributed by atoms with Crippen LogP contribution in [0, 0.1) is 6.92 Å². The Morgan fingerprint density at radius 1 is 1.09 bits per heavy atom. The molecule has 1 fully saturated rings. The molecular weight excluding hydrogens is 404 g/mol. The Morgan fingerprint density at radius 2 is 1.91 bits per heavy atom. The van der Waals surface area contributed by atoms with E-state index in [1.165, 1.54) is 19.3 Å². The van der Waals surface area contributed by atoms with Crippen LogP contribution in [-0.4, -0.2) is 66.4 Å². The standard InChI is InChI=1S/C25H30N4O3/c1-16-22(15-19-18-14-17(32-2)6-7-20(18)27-24(19)30)26-21-8-11-29(25(31)23(16)21)13-12-28-9-4-3-5-10-28/h6-7,14-15,26H,3-5,8-13H2,1-2H3,(H,27,30). The van der Waals surface area contributed by atoms with E-state index in [0.717, 1.165) is 72.9 Å². The Labute approximate surface area is 188 Å². The molecule has 2 amide bonds. The van der Waals surface area contributed by atoms with Crippen molar-refractivity contribution in [3.8, 4) is 5.75 Å². The Kier molecular flexibility index (Phi) is 5.51. The van der Waals surface area contributed by atoms with Crippen molar-refractivity contribution in [2.24, 2.45) is 0 Å². The lowest BCUT2D eigenvalue weighted by Crippen LogP contribution is -2.43. The minimum atomic E-state index is -0.144. The summed E-state index contributed by atoms with van der Waals surface area (Å²) in [6.45, 7) is 6.70. The van der Waals surface area contributed by atoms with Gasteiger partial charge < -0.3 is 24.8 Å². The number of fused-ring (bicyclic) bond motifs is 2. The summed E-state index contributed by atoms with van der Waals surface area (Å²) in [7, 11) is 1.61. The topological polar surface area (TPSA) is 77.7 Å². The molecule has 32 heavy (non-hydrogen) atoms. The van der Waals surface area contributed by atoms with E-state index >= 15 is 0 Å². The van der Waals surface area contributed by atoms with Crippen molar-refractivity contribution in [1.29, 1.82) is 0 Å². The lowest BCUT2D eigenvalue weighted by atomic mass is 10.0. The minimum Gasteiger partial charge on any atom is -0.497 e. The molecule has 0 radical (unpaired) electrons. The predicted molar refractivity (Wildman–Crippen MR) is 125 cm³/mol. The molecule has 4 heterocycles. The normalized spacial score (nSPS) is 19.8. The zero-order chi connectivity index (χ0) is 22.2. The number of aromatic nitrogens is 1. The molecule has 2 N–H and O–H groups in total. The Bertz CT molecular complexity index is 1090. The van der Waals surface area contributed by atoms with E-state index in [1.54, 1.807) is 7.11 Å². The number of piperidine rings is 1. The minimum absolute atomic E-state index is 0.0969. The van der Waals surface area contributed by atoms with Gasteiger partial charge in [-0.25, -0.2) is 0 Å². The molecule has 5 rings (SSSR count). The van der Waals surface area contributed by atoms with Gasteiger partial charge in [0, 0.05) is 48.7 Å². The van der Waals surface area contributed by atoms with Crippen LogP contribution in [0.3, 0.4) is 0 Å². The fourth-order valence-electron chi connectivity index (χ4n) is 5.05. The molecule has 0 saturated carbocycles. The maximum Gasteiger partial charge on any atom is 0.256 e. The van der Waals surface area contributed by atoms with Crippen LogP contribution in [0.5, 0.6) is 5.75 Å². The number of ether oxygens (including phenoxy) is 1. The molecule has 1 saturated heterocycles. The number of anilines is 1. The summed E-state index contributed by atoms with van der Waals surface area (Å²) in [4.78, 5) is 33.8. The number of H-pyrrole nitrogens is 1. The highest BCUT2D eigenvalue weighted by atomic mass is 16.5. The van der Waals surface area contributed by atoms with E-state index in [-0.39, 0.29) is 11.8 Å². The van der Waals surface area contributed by atoms with Crippen LogP contribution in [-0.2, 0) is 11.2 Å². The average molecular weight is 435 g/mol. The van der Waals surface area contributed by atoms with E-state index in [1.807, 2.05) is 36.1 Å². The highest BCUT2D eigenvalue weighted by molar-refractivity contribution is 6.35. The monoisotopic (exact) mass is 434 g/mol. The maximum atomic E-state index is 13.3. The lowest BCUT2D eigenvalue weighted by molar-refractivity contribution is -0.110. The molecule has 168 valence electrons. The molecule has 0 spiro atoms. The van der Waals surface area contributed by atoms with Gasteiger partial charge in [-0.1, -0.05) is 6.42 Å². The molecule has 1 aromatic carbocycles. The molecule has 7 nitrogen and oxygen atoms in total. The van der Waals surface area contributed by atoms with E-state index in [2.05, 4.69) is 15.2 Å². The van der Waals surface area contributed by atoms with Gasteiger partial charge in [0.1, 0.15) is 5.75 Å². The first-order valence-corrected chi connectivity index (χ1v) is 11.5. The van der Waals surface area contributed by atoms with Gasteiger partial charge in [0.2, 0.25) is 0 Å². The van der Waals surface area contributed by atoms with Crippen molar-refractivity contribution >= 4 is 29.2 Å². The van der Waals surface area contributed by atoms with Crippen molar-refractivity contribution in [3.63, 3.8) is 0 Å². The fourth-order valence-corrected chi connectivity index (χ4v) is 5.05. The second kappa shape index (κ2) is 8.47.